The molecule has 0 saturated carbocycles. The molecule has 0 atom stereocenters. The van der Waals surface area contributed by atoms with E-state index in [9.17, 15) is 32.9 Å². The number of methoxy groups -OCH3 is 1. The summed E-state index contributed by atoms with van der Waals surface area (Å²) in [4.78, 5) is 32.4. The molecule has 0 aliphatic carbocycles. The van der Waals surface area contributed by atoms with Crippen LogP contribution in [0.1, 0.15) is 18.4 Å². The second kappa shape index (κ2) is 8.85. The highest BCUT2D eigenvalue weighted by Gasteiger charge is 2.33. The highest BCUT2D eigenvalue weighted by Crippen LogP contribution is 2.34. The minimum Gasteiger partial charge on any atom is -0.469 e. The lowest BCUT2D eigenvalue weighted by Crippen LogP contribution is -2.27. The van der Waals surface area contributed by atoms with Crippen molar-refractivity contribution in [2.45, 2.75) is 19.0 Å². The number of nitrogens with one attached hydrogen (secondary N) is 2. The predicted molar refractivity (Wildman–Crippen MR) is 80.8 cm³/mol. The molecule has 11 heteroatoms. The summed E-state index contributed by atoms with van der Waals surface area (Å²) >= 11 is 0. The van der Waals surface area contributed by atoms with Crippen LogP contribution in [0.3, 0.4) is 0 Å². The molecule has 0 unspecified atom stereocenters. The van der Waals surface area contributed by atoms with Crippen molar-refractivity contribution in [2.24, 2.45) is 0 Å². The Kier molecular flexibility index (Phi) is 7.15. The summed E-state index contributed by atoms with van der Waals surface area (Å²) in [6.45, 7) is 0.0438. The van der Waals surface area contributed by atoms with Crippen molar-refractivity contribution in [2.75, 3.05) is 25.5 Å². The first-order chi connectivity index (χ1) is 11.6. The molecule has 0 heterocycles. The van der Waals surface area contributed by atoms with Gasteiger partial charge in [0, 0.05) is 25.6 Å². The Bertz CT molecular complexity index is 649. The van der Waals surface area contributed by atoms with Crippen LogP contribution in [0.5, 0.6) is 0 Å². The van der Waals surface area contributed by atoms with E-state index in [1.807, 2.05) is 0 Å². The highest BCUT2D eigenvalue weighted by atomic mass is 19.4. The van der Waals surface area contributed by atoms with Gasteiger partial charge in [0.25, 0.3) is 5.69 Å². The summed E-state index contributed by atoms with van der Waals surface area (Å²) in [6.07, 6.45) is -4.78. The highest BCUT2D eigenvalue weighted by molar-refractivity contribution is 5.77. The molecule has 0 aliphatic heterocycles. The van der Waals surface area contributed by atoms with Crippen LogP contribution in [0.25, 0.3) is 0 Å². The number of benzene rings is 1. The Hall–Kier alpha value is -2.85. The Balaban J connectivity index is 2.58. The number of hydrogen-bond donors (Lipinski definition) is 2. The van der Waals surface area contributed by atoms with Crippen molar-refractivity contribution in [3.8, 4) is 0 Å². The summed E-state index contributed by atoms with van der Waals surface area (Å²) in [7, 11) is 1.21. The van der Waals surface area contributed by atoms with Gasteiger partial charge in [0.1, 0.15) is 5.69 Å². The number of nitro groups is 1. The molecule has 0 bridgehead atoms. The van der Waals surface area contributed by atoms with Gasteiger partial charge >= 0.3 is 12.1 Å². The summed E-state index contributed by atoms with van der Waals surface area (Å²) in [5, 5.41) is 15.9. The second-order valence-electron chi connectivity index (χ2n) is 4.84. The first-order valence-electron chi connectivity index (χ1n) is 7.08. The fourth-order valence-electron chi connectivity index (χ4n) is 1.81. The number of carbonyl (C=O) groups is 2. The number of halogens is 3. The van der Waals surface area contributed by atoms with Crippen molar-refractivity contribution in [3.05, 3.63) is 33.9 Å². The Morgan fingerprint density at radius 3 is 2.48 bits per heavy atom. The van der Waals surface area contributed by atoms with Gasteiger partial charge in [-0.2, -0.15) is 13.2 Å². The van der Waals surface area contributed by atoms with Crippen molar-refractivity contribution in [3.63, 3.8) is 0 Å². The third kappa shape index (κ3) is 6.65. The molecule has 2 N–H and O–H groups in total. The smallest absolute Gasteiger partial charge is 0.416 e. The minimum atomic E-state index is -4.69. The van der Waals surface area contributed by atoms with E-state index < -0.39 is 34.2 Å². The second-order valence-corrected chi connectivity index (χ2v) is 4.84. The Morgan fingerprint density at radius 1 is 1.24 bits per heavy atom. The molecule has 0 spiro atoms. The third-order valence-electron chi connectivity index (χ3n) is 3.07. The maximum absolute atomic E-state index is 12.6. The van der Waals surface area contributed by atoms with E-state index in [1.54, 1.807) is 0 Å². The lowest BCUT2D eigenvalue weighted by Gasteiger charge is -2.10. The summed E-state index contributed by atoms with van der Waals surface area (Å²) < 4.78 is 42.2. The van der Waals surface area contributed by atoms with E-state index in [2.05, 4.69) is 15.4 Å². The monoisotopic (exact) mass is 363 g/mol. The zero-order valence-corrected chi connectivity index (χ0v) is 13.2. The molecule has 0 aromatic heterocycles. The van der Waals surface area contributed by atoms with E-state index >= 15 is 0 Å². The molecule has 25 heavy (non-hydrogen) atoms. The first kappa shape index (κ1) is 20.2. The number of esters is 1. The maximum atomic E-state index is 12.6. The van der Waals surface area contributed by atoms with Crippen LogP contribution in [0.4, 0.5) is 24.5 Å². The van der Waals surface area contributed by atoms with Crippen LogP contribution in [0.2, 0.25) is 0 Å². The van der Waals surface area contributed by atoms with Crippen LogP contribution in [-0.2, 0) is 20.5 Å². The van der Waals surface area contributed by atoms with Crippen molar-refractivity contribution in [1.82, 2.24) is 5.32 Å². The Morgan fingerprint density at radius 2 is 1.92 bits per heavy atom. The molecule has 8 nitrogen and oxygen atoms in total. The van der Waals surface area contributed by atoms with Crippen LogP contribution in [0, 0.1) is 10.1 Å². The number of anilines is 1. The molecular formula is C14H16F3N3O5. The molecular weight excluding hydrogens is 347 g/mol. The van der Waals surface area contributed by atoms with Gasteiger partial charge in [0.05, 0.1) is 24.0 Å². The fraction of sp³-hybridized carbons (Fsp3) is 0.429. The first-order valence-corrected chi connectivity index (χ1v) is 7.08. The fourth-order valence-corrected chi connectivity index (χ4v) is 1.81. The predicted octanol–water partition coefficient (Wildman–Crippen LogP) is 2.09. The number of alkyl halides is 3. The average Bonchev–Trinajstić information content (AvgIpc) is 2.53. The number of nitrogens with zero attached hydrogens (tertiary/aromatic N) is 1. The number of carbonyl (C=O) groups excluding carboxylic acids is 2. The normalized spacial score (nSPS) is 10.9. The average molecular weight is 363 g/mol. The molecule has 1 aromatic rings. The lowest BCUT2D eigenvalue weighted by atomic mass is 10.1. The van der Waals surface area contributed by atoms with Gasteiger partial charge in [-0.25, -0.2) is 0 Å². The molecule has 1 amide bonds. The number of amides is 1. The van der Waals surface area contributed by atoms with Crippen LogP contribution < -0.4 is 10.6 Å². The van der Waals surface area contributed by atoms with Gasteiger partial charge in [0.15, 0.2) is 0 Å². The van der Waals surface area contributed by atoms with Crippen molar-refractivity contribution >= 4 is 23.3 Å². The summed E-state index contributed by atoms with van der Waals surface area (Å²) in [5.41, 5.74) is -1.99. The zero-order valence-electron chi connectivity index (χ0n) is 13.2. The number of nitro benzene ring substituents is 1. The standard InChI is InChI=1S/C14H16F3N3O5/c1-25-13(22)5-7-19-12(21)4-6-18-10-3-2-9(14(15,16)17)8-11(10)20(23)24/h2-3,8,18H,4-7H2,1H3,(H,19,21). The molecule has 1 rings (SSSR count). The van der Waals surface area contributed by atoms with Crippen molar-refractivity contribution in [1.29, 1.82) is 0 Å². The number of ether oxygens (including phenoxy) is 1. The lowest BCUT2D eigenvalue weighted by molar-refractivity contribution is -0.384. The molecule has 0 radical (unpaired) electrons. The quantitative estimate of drug-likeness (QED) is 0.416. The third-order valence-corrected chi connectivity index (χ3v) is 3.07. The van der Waals surface area contributed by atoms with E-state index in [0.29, 0.717) is 12.1 Å². The Labute approximate surface area is 140 Å². The molecule has 0 aliphatic rings. The van der Waals surface area contributed by atoms with Gasteiger partial charge in [-0.3, -0.25) is 19.7 Å². The van der Waals surface area contributed by atoms with Gasteiger partial charge in [0.2, 0.25) is 5.91 Å². The SMILES string of the molecule is COC(=O)CCNC(=O)CCNc1ccc(C(F)(F)F)cc1[N+](=O)[O-]. The van der Waals surface area contributed by atoms with Gasteiger partial charge in [-0.05, 0) is 12.1 Å². The number of hydrogen-bond acceptors (Lipinski definition) is 6. The molecule has 138 valence electrons. The van der Waals surface area contributed by atoms with Gasteiger partial charge < -0.3 is 15.4 Å². The van der Waals surface area contributed by atoms with Crippen LogP contribution in [0.15, 0.2) is 18.2 Å². The summed E-state index contributed by atoms with van der Waals surface area (Å²) in [6, 6.07) is 2.08. The maximum Gasteiger partial charge on any atom is 0.416 e. The summed E-state index contributed by atoms with van der Waals surface area (Å²) in [5.74, 6) is -0.912. The molecule has 0 fully saturated rings. The van der Waals surface area contributed by atoms with E-state index in [4.69, 9.17) is 0 Å². The molecule has 0 saturated heterocycles. The largest absolute Gasteiger partial charge is 0.469 e. The van der Waals surface area contributed by atoms with Gasteiger partial charge in [-0.1, -0.05) is 0 Å². The van der Waals surface area contributed by atoms with Crippen molar-refractivity contribution < 1.29 is 32.4 Å². The van der Waals surface area contributed by atoms with E-state index in [1.165, 1.54) is 7.11 Å². The zero-order chi connectivity index (χ0) is 19.0. The number of rotatable bonds is 8. The van der Waals surface area contributed by atoms with Crippen LogP contribution >= 0.6 is 0 Å². The van der Waals surface area contributed by atoms with Gasteiger partial charge in [-0.15, -0.1) is 0 Å². The van der Waals surface area contributed by atoms with E-state index in [-0.39, 0.29) is 31.6 Å². The minimum absolute atomic E-state index is 0.0000444. The van der Waals surface area contributed by atoms with E-state index in [0.717, 1.165) is 6.07 Å². The molecule has 1 aromatic carbocycles. The topological polar surface area (TPSA) is 111 Å². The van der Waals surface area contributed by atoms with Crippen LogP contribution in [-0.4, -0.2) is 37.0 Å².